The molecule has 1 aromatic carbocycles. The summed E-state index contributed by atoms with van der Waals surface area (Å²) in [7, 11) is 0. The van der Waals surface area contributed by atoms with E-state index in [1.165, 1.54) is 5.56 Å². The highest BCUT2D eigenvalue weighted by Gasteiger charge is 2.21. The van der Waals surface area contributed by atoms with Gasteiger partial charge in [-0.1, -0.05) is 25.1 Å². The third kappa shape index (κ3) is 2.72. The van der Waals surface area contributed by atoms with Gasteiger partial charge in [-0.25, -0.2) is 0 Å². The zero-order chi connectivity index (χ0) is 15.5. The molecule has 0 bridgehead atoms. The summed E-state index contributed by atoms with van der Waals surface area (Å²) in [5.41, 5.74) is 9.83. The Labute approximate surface area is 131 Å². The average Bonchev–Trinajstić information content (AvgIpc) is 2.55. The van der Waals surface area contributed by atoms with Crippen LogP contribution in [-0.4, -0.2) is 22.6 Å². The Morgan fingerprint density at radius 1 is 1.23 bits per heavy atom. The quantitative estimate of drug-likeness (QED) is 0.940. The third-order valence-electron chi connectivity index (χ3n) is 4.30. The zero-order valence-electron chi connectivity index (χ0n) is 13.1. The van der Waals surface area contributed by atoms with Crippen molar-refractivity contribution in [2.75, 3.05) is 13.1 Å². The minimum absolute atomic E-state index is 0.0244. The number of rotatable bonds is 4. The first-order valence-electron chi connectivity index (χ1n) is 7.99. The van der Waals surface area contributed by atoms with Crippen LogP contribution < -0.4 is 11.3 Å². The van der Waals surface area contributed by atoms with Gasteiger partial charge in [0.05, 0.1) is 0 Å². The maximum atomic E-state index is 12.7. The summed E-state index contributed by atoms with van der Waals surface area (Å²) in [4.78, 5) is 15.2. The summed E-state index contributed by atoms with van der Waals surface area (Å²) in [6.07, 6.45) is 2.06. The molecule has 22 heavy (non-hydrogen) atoms. The smallest absolute Gasteiger partial charge is 0.259 e. The van der Waals surface area contributed by atoms with Crippen LogP contribution in [0.1, 0.15) is 30.2 Å². The molecule has 1 aliphatic rings. The van der Waals surface area contributed by atoms with Crippen molar-refractivity contribution in [3.05, 3.63) is 63.6 Å². The lowest BCUT2D eigenvalue weighted by atomic mass is 10.0. The first-order valence-corrected chi connectivity index (χ1v) is 7.99. The van der Waals surface area contributed by atoms with Gasteiger partial charge >= 0.3 is 0 Å². The fourth-order valence-corrected chi connectivity index (χ4v) is 3.26. The van der Waals surface area contributed by atoms with Crippen molar-refractivity contribution < 1.29 is 0 Å². The first-order chi connectivity index (χ1) is 10.7. The van der Waals surface area contributed by atoms with E-state index < -0.39 is 0 Å². The minimum atomic E-state index is 0.0244. The molecule has 0 atom stereocenters. The van der Waals surface area contributed by atoms with Gasteiger partial charge in [-0.3, -0.25) is 14.3 Å². The molecule has 0 unspecified atom stereocenters. The van der Waals surface area contributed by atoms with Gasteiger partial charge in [-0.15, -0.1) is 0 Å². The molecule has 0 saturated carbocycles. The van der Waals surface area contributed by atoms with E-state index in [0.717, 1.165) is 43.9 Å². The summed E-state index contributed by atoms with van der Waals surface area (Å²) >= 11 is 0. The molecule has 4 heteroatoms. The van der Waals surface area contributed by atoms with Crippen LogP contribution in [0.25, 0.3) is 5.69 Å². The second-order valence-corrected chi connectivity index (χ2v) is 5.85. The van der Waals surface area contributed by atoms with E-state index in [4.69, 9.17) is 5.73 Å². The highest BCUT2D eigenvalue weighted by Crippen LogP contribution is 2.21. The number of nitrogens with zero attached hydrogens (tertiary/aromatic N) is 2. The molecule has 0 fully saturated rings. The second kappa shape index (κ2) is 6.46. The van der Waals surface area contributed by atoms with Gasteiger partial charge in [0.15, 0.2) is 0 Å². The van der Waals surface area contributed by atoms with Crippen molar-refractivity contribution >= 4 is 0 Å². The number of hydrogen-bond donors (Lipinski definition) is 1. The number of benzene rings is 1. The van der Waals surface area contributed by atoms with Crippen molar-refractivity contribution in [3.8, 4) is 5.69 Å². The molecule has 0 aliphatic carbocycles. The van der Waals surface area contributed by atoms with E-state index in [0.29, 0.717) is 5.56 Å². The van der Waals surface area contributed by atoms with Crippen LogP contribution in [0, 0.1) is 0 Å². The lowest BCUT2D eigenvalue weighted by Crippen LogP contribution is -2.37. The molecular formula is C18H23N3O. The van der Waals surface area contributed by atoms with Crippen molar-refractivity contribution in [1.29, 1.82) is 0 Å². The van der Waals surface area contributed by atoms with E-state index in [2.05, 4.69) is 11.8 Å². The number of hydrogen-bond acceptors (Lipinski definition) is 3. The monoisotopic (exact) mass is 297 g/mol. The SMILES string of the molecule is CCCN1CCc2c(cc(CN)c(=O)n2-c2ccccc2)C1. The normalized spacial score (nSPS) is 14.8. The highest BCUT2D eigenvalue weighted by atomic mass is 16.1. The van der Waals surface area contributed by atoms with Gasteiger partial charge in [0, 0.05) is 43.0 Å². The maximum Gasteiger partial charge on any atom is 0.259 e. The Morgan fingerprint density at radius 3 is 2.68 bits per heavy atom. The fourth-order valence-electron chi connectivity index (χ4n) is 3.26. The van der Waals surface area contributed by atoms with E-state index in [1.54, 1.807) is 0 Å². The van der Waals surface area contributed by atoms with Gasteiger partial charge in [0.2, 0.25) is 0 Å². The predicted molar refractivity (Wildman–Crippen MR) is 89.2 cm³/mol. The summed E-state index contributed by atoms with van der Waals surface area (Å²) in [5, 5.41) is 0. The summed E-state index contributed by atoms with van der Waals surface area (Å²) in [6.45, 7) is 5.50. The summed E-state index contributed by atoms with van der Waals surface area (Å²) < 4.78 is 1.86. The molecule has 4 nitrogen and oxygen atoms in total. The molecule has 2 aromatic rings. The standard InChI is InChI=1S/C18H23N3O/c1-2-9-20-10-8-17-15(13-20)11-14(12-19)18(22)21(17)16-6-4-3-5-7-16/h3-7,11H,2,8-10,12-13,19H2,1H3. The second-order valence-electron chi connectivity index (χ2n) is 5.85. The van der Waals surface area contributed by atoms with Crippen LogP contribution in [0.15, 0.2) is 41.2 Å². The zero-order valence-corrected chi connectivity index (χ0v) is 13.1. The van der Waals surface area contributed by atoms with Crippen molar-refractivity contribution in [1.82, 2.24) is 9.47 Å². The van der Waals surface area contributed by atoms with Crippen molar-refractivity contribution in [3.63, 3.8) is 0 Å². The van der Waals surface area contributed by atoms with E-state index in [-0.39, 0.29) is 12.1 Å². The Kier molecular flexibility index (Phi) is 4.41. The maximum absolute atomic E-state index is 12.7. The Balaban J connectivity index is 2.14. The van der Waals surface area contributed by atoms with Crippen LogP contribution in [0.4, 0.5) is 0 Å². The van der Waals surface area contributed by atoms with Crippen LogP contribution in [-0.2, 0) is 19.5 Å². The number of nitrogens with two attached hydrogens (primary N) is 1. The predicted octanol–water partition coefficient (Wildman–Crippen LogP) is 2.06. The number of pyridine rings is 1. The van der Waals surface area contributed by atoms with E-state index >= 15 is 0 Å². The van der Waals surface area contributed by atoms with Gasteiger partial charge < -0.3 is 5.73 Å². The molecule has 2 N–H and O–H groups in total. The molecule has 0 spiro atoms. The molecule has 0 radical (unpaired) electrons. The Morgan fingerprint density at radius 2 is 2.00 bits per heavy atom. The van der Waals surface area contributed by atoms with Crippen LogP contribution in [0.3, 0.4) is 0 Å². The molecule has 1 aromatic heterocycles. The largest absolute Gasteiger partial charge is 0.326 e. The van der Waals surface area contributed by atoms with Crippen LogP contribution in [0.2, 0.25) is 0 Å². The highest BCUT2D eigenvalue weighted by molar-refractivity contribution is 5.40. The third-order valence-corrected chi connectivity index (χ3v) is 4.30. The van der Waals surface area contributed by atoms with Gasteiger partial charge in [0.1, 0.15) is 0 Å². The van der Waals surface area contributed by atoms with Crippen LogP contribution in [0.5, 0.6) is 0 Å². The first kappa shape index (κ1) is 15.0. The van der Waals surface area contributed by atoms with E-state index in [9.17, 15) is 4.79 Å². The van der Waals surface area contributed by atoms with Gasteiger partial charge in [0.25, 0.3) is 5.56 Å². The topological polar surface area (TPSA) is 51.3 Å². The lowest BCUT2D eigenvalue weighted by Gasteiger charge is -2.30. The Hall–Kier alpha value is -1.91. The molecular weight excluding hydrogens is 274 g/mol. The summed E-state index contributed by atoms with van der Waals surface area (Å²) in [5.74, 6) is 0. The van der Waals surface area contributed by atoms with Crippen LogP contribution >= 0.6 is 0 Å². The van der Waals surface area contributed by atoms with Crippen molar-refractivity contribution in [2.45, 2.75) is 32.9 Å². The number of para-hydroxylation sites is 1. The van der Waals surface area contributed by atoms with Gasteiger partial charge in [-0.05, 0) is 36.7 Å². The lowest BCUT2D eigenvalue weighted by molar-refractivity contribution is 0.251. The minimum Gasteiger partial charge on any atom is -0.326 e. The molecule has 116 valence electrons. The van der Waals surface area contributed by atoms with Gasteiger partial charge in [-0.2, -0.15) is 0 Å². The molecule has 2 heterocycles. The average molecular weight is 297 g/mol. The van der Waals surface area contributed by atoms with Crippen molar-refractivity contribution in [2.24, 2.45) is 5.73 Å². The van der Waals surface area contributed by atoms with E-state index in [1.807, 2.05) is 41.0 Å². The molecule has 0 saturated heterocycles. The fraction of sp³-hybridized carbons (Fsp3) is 0.389. The Bertz CT molecular complexity index is 706. The molecule has 0 amide bonds. The summed E-state index contributed by atoms with van der Waals surface area (Å²) in [6, 6.07) is 11.9. The molecule has 1 aliphatic heterocycles. The number of aromatic nitrogens is 1. The molecule has 3 rings (SSSR count). The number of fused-ring (bicyclic) bond motifs is 1.